The van der Waals surface area contributed by atoms with Crippen LogP contribution in [0.25, 0.3) is 11.1 Å². The number of halogens is 1. The van der Waals surface area contributed by atoms with Crippen molar-refractivity contribution >= 4 is 28.4 Å². The van der Waals surface area contributed by atoms with Crippen LogP contribution in [0.1, 0.15) is 12.3 Å². The van der Waals surface area contributed by atoms with Crippen LogP contribution in [-0.4, -0.2) is 17.4 Å². The summed E-state index contributed by atoms with van der Waals surface area (Å²) in [7, 11) is 0. The summed E-state index contributed by atoms with van der Waals surface area (Å²) in [5.74, 6) is 1.38. The predicted molar refractivity (Wildman–Crippen MR) is 62.6 cm³/mol. The lowest BCUT2D eigenvalue weighted by atomic mass is 10.3. The Kier molecular flexibility index (Phi) is 3.11. The minimum Gasteiger partial charge on any atom is -0.441 e. The van der Waals surface area contributed by atoms with E-state index in [1.54, 1.807) is 0 Å². The zero-order chi connectivity index (χ0) is 10.7. The van der Waals surface area contributed by atoms with Gasteiger partial charge < -0.3 is 9.73 Å². The van der Waals surface area contributed by atoms with Gasteiger partial charge >= 0.3 is 0 Å². The molecular formula is C11H13ClN2O. The molecule has 0 aliphatic rings. The molecule has 1 N–H and O–H groups in total. The van der Waals surface area contributed by atoms with Crippen LogP contribution in [0.4, 0.5) is 5.69 Å². The van der Waals surface area contributed by atoms with Gasteiger partial charge in [-0.15, -0.1) is 11.6 Å². The largest absolute Gasteiger partial charge is 0.441 e. The highest BCUT2D eigenvalue weighted by atomic mass is 35.5. The van der Waals surface area contributed by atoms with E-state index in [-0.39, 0.29) is 0 Å². The highest BCUT2D eigenvalue weighted by Crippen LogP contribution is 2.19. The average molecular weight is 225 g/mol. The van der Waals surface area contributed by atoms with Gasteiger partial charge in [-0.05, 0) is 24.6 Å². The van der Waals surface area contributed by atoms with Crippen LogP contribution in [0.2, 0.25) is 0 Å². The molecule has 0 aliphatic heterocycles. The van der Waals surface area contributed by atoms with Gasteiger partial charge in [0.25, 0.3) is 0 Å². The monoisotopic (exact) mass is 224 g/mol. The third-order valence-electron chi connectivity index (χ3n) is 2.13. The molecule has 3 nitrogen and oxygen atoms in total. The highest BCUT2D eigenvalue weighted by molar-refractivity contribution is 6.17. The van der Waals surface area contributed by atoms with Crippen molar-refractivity contribution in [2.45, 2.75) is 13.3 Å². The molecule has 0 saturated heterocycles. The van der Waals surface area contributed by atoms with E-state index in [4.69, 9.17) is 16.0 Å². The first kappa shape index (κ1) is 10.3. The Morgan fingerprint density at radius 3 is 3.13 bits per heavy atom. The number of hydrogen-bond donors (Lipinski definition) is 1. The van der Waals surface area contributed by atoms with Crippen molar-refractivity contribution in [3.05, 3.63) is 24.1 Å². The van der Waals surface area contributed by atoms with E-state index < -0.39 is 0 Å². The van der Waals surface area contributed by atoms with Crippen LogP contribution < -0.4 is 5.32 Å². The lowest BCUT2D eigenvalue weighted by Gasteiger charge is -2.03. The molecule has 0 radical (unpaired) electrons. The van der Waals surface area contributed by atoms with Crippen LogP contribution >= 0.6 is 11.6 Å². The number of aromatic nitrogens is 1. The van der Waals surface area contributed by atoms with Gasteiger partial charge in [-0.25, -0.2) is 4.98 Å². The summed E-state index contributed by atoms with van der Waals surface area (Å²) >= 11 is 5.60. The molecule has 0 saturated carbocycles. The maximum Gasteiger partial charge on any atom is 0.192 e. The van der Waals surface area contributed by atoms with Gasteiger partial charge in [0.15, 0.2) is 11.5 Å². The molecule has 1 heterocycles. The molecule has 2 rings (SSSR count). The molecule has 2 aromatic rings. The Labute approximate surface area is 93.4 Å². The van der Waals surface area contributed by atoms with Crippen molar-refractivity contribution in [2.75, 3.05) is 17.7 Å². The zero-order valence-electron chi connectivity index (χ0n) is 8.59. The summed E-state index contributed by atoms with van der Waals surface area (Å²) in [5, 5.41) is 3.28. The molecule has 4 heteroatoms. The van der Waals surface area contributed by atoms with E-state index in [9.17, 15) is 0 Å². The van der Waals surface area contributed by atoms with Crippen LogP contribution in [0.5, 0.6) is 0 Å². The van der Waals surface area contributed by atoms with E-state index in [1.165, 1.54) is 0 Å². The molecule has 0 amide bonds. The van der Waals surface area contributed by atoms with Crippen LogP contribution in [0.15, 0.2) is 22.6 Å². The normalized spacial score (nSPS) is 10.8. The fraction of sp³-hybridized carbons (Fsp3) is 0.364. The SMILES string of the molecule is Cc1nc2cc(NCCCCl)ccc2o1. The first-order valence-electron chi connectivity index (χ1n) is 4.96. The fourth-order valence-electron chi connectivity index (χ4n) is 1.45. The summed E-state index contributed by atoms with van der Waals surface area (Å²) in [5.41, 5.74) is 2.78. The van der Waals surface area contributed by atoms with Crippen LogP contribution in [-0.2, 0) is 0 Å². The number of nitrogens with one attached hydrogen (secondary N) is 1. The third kappa shape index (κ3) is 2.42. The molecule has 0 atom stereocenters. The van der Waals surface area contributed by atoms with Crippen molar-refractivity contribution in [2.24, 2.45) is 0 Å². The van der Waals surface area contributed by atoms with E-state index in [1.807, 2.05) is 25.1 Å². The number of rotatable bonds is 4. The summed E-state index contributed by atoms with van der Waals surface area (Å²) in [6.07, 6.45) is 0.956. The number of aryl methyl sites for hydroxylation is 1. The molecule has 0 aliphatic carbocycles. The topological polar surface area (TPSA) is 38.1 Å². The molecule has 15 heavy (non-hydrogen) atoms. The molecular weight excluding hydrogens is 212 g/mol. The van der Waals surface area contributed by atoms with E-state index in [2.05, 4.69) is 10.3 Å². The lowest BCUT2D eigenvalue weighted by molar-refractivity contribution is 0.561. The predicted octanol–water partition coefficient (Wildman–Crippen LogP) is 3.18. The quantitative estimate of drug-likeness (QED) is 0.640. The summed E-state index contributed by atoms with van der Waals surface area (Å²) in [6, 6.07) is 5.90. The van der Waals surface area contributed by atoms with Gasteiger partial charge in [-0.3, -0.25) is 0 Å². The summed E-state index contributed by atoms with van der Waals surface area (Å²) < 4.78 is 5.39. The standard InChI is InChI=1S/C11H13ClN2O/c1-8-14-10-7-9(13-6-2-5-12)3-4-11(10)15-8/h3-4,7,13H,2,5-6H2,1H3. The van der Waals surface area contributed by atoms with Gasteiger partial charge in [0.05, 0.1) is 0 Å². The minimum absolute atomic E-state index is 0.679. The first-order chi connectivity index (χ1) is 7.29. The van der Waals surface area contributed by atoms with E-state index in [0.29, 0.717) is 11.8 Å². The summed E-state index contributed by atoms with van der Waals surface area (Å²) in [6.45, 7) is 2.73. The molecule has 0 spiro atoms. The molecule has 1 aromatic heterocycles. The van der Waals surface area contributed by atoms with E-state index in [0.717, 1.165) is 29.8 Å². The van der Waals surface area contributed by atoms with Gasteiger partial charge in [0.1, 0.15) is 5.52 Å². The second kappa shape index (κ2) is 4.53. The van der Waals surface area contributed by atoms with Gasteiger partial charge in [0, 0.05) is 25.0 Å². The van der Waals surface area contributed by atoms with Crippen molar-refractivity contribution in [3.63, 3.8) is 0 Å². The number of anilines is 1. The molecule has 1 aromatic carbocycles. The van der Waals surface area contributed by atoms with Crippen molar-refractivity contribution in [1.82, 2.24) is 4.98 Å². The van der Waals surface area contributed by atoms with Crippen molar-refractivity contribution in [1.29, 1.82) is 0 Å². The average Bonchev–Trinajstić information content (AvgIpc) is 2.57. The van der Waals surface area contributed by atoms with Gasteiger partial charge in [-0.1, -0.05) is 0 Å². The van der Waals surface area contributed by atoms with Gasteiger partial charge in [0.2, 0.25) is 0 Å². The number of benzene rings is 1. The first-order valence-corrected chi connectivity index (χ1v) is 5.50. The van der Waals surface area contributed by atoms with Crippen LogP contribution in [0, 0.1) is 6.92 Å². The lowest BCUT2D eigenvalue weighted by Crippen LogP contribution is -2.01. The highest BCUT2D eigenvalue weighted by Gasteiger charge is 2.02. The summed E-state index contributed by atoms with van der Waals surface area (Å²) in [4.78, 5) is 4.27. The molecule has 0 fully saturated rings. The number of nitrogens with zero attached hydrogens (tertiary/aromatic N) is 1. The van der Waals surface area contributed by atoms with Gasteiger partial charge in [-0.2, -0.15) is 0 Å². The fourth-order valence-corrected chi connectivity index (χ4v) is 1.59. The Bertz CT molecular complexity index is 453. The Morgan fingerprint density at radius 1 is 1.47 bits per heavy atom. The maximum absolute atomic E-state index is 5.60. The maximum atomic E-state index is 5.60. The Balaban J connectivity index is 2.15. The third-order valence-corrected chi connectivity index (χ3v) is 2.40. The minimum atomic E-state index is 0.679. The number of fused-ring (bicyclic) bond motifs is 1. The molecule has 0 bridgehead atoms. The zero-order valence-corrected chi connectivity index (χ0v) is 9.34. The van der Waals surface area contributed by atoms with Crippen LogP contribution in [0.3, 0.4) is 0 Å². The molecule has 80 valence electrons. The molecule has 0 unspecified atom stereocenters. The second-order valence-corrected chi connectivity index (χ2v) is 3.76. The number of oxazole rings is 1. The Morgan fingerprint density at radius 2 is 2.33 bits per heavy atom. The smallest absolute Gasteiger partial charge is 0.192 e. The Hall–Kier alpha value is -1.22. The number of hydrogen-bond acceptors (Lipinski definition) is 3. The second-order valence-electron chi connectivity index (χ2n) is 3.38. The number of alkyl halides is 1. The van der Waals surface area contributed by atoms with Crippen molar-refractivity contribution < 1.29 is 4.42 Å². The van der Waals surface area contributed by atoms with E-state index >= 15 is 0 Å². The van der Waals surface area contributed by atoms with Crippen molar-refractivity contribution in [3.8, 4) is 0 Å².